The molecule has 0 saturated heterocycles. The molecule has 0 aliphatic heterocycles. The number of ether oxygens (including phenoxy) is 1. The maximum Gasteiger partial charge on any atom is 0.339 e. The van der Waals surface area contributed by atoms with Crippen LogP contribution < -0.4 is 0 Å². The lowest BCUT2D eigenvalue weighted by molar-refractivity contribution is 0.00678. The molecule has 0 fully saturated rings. The molecule has 0 aliphatic carbocycles. The Kier molecular flexibility index (Phi) is 3.70. The molecule has 4 heteroatoms. The van der Waals surface area contributed by atoms with Gasteiger partial charge >= 0.3 is 5.97 Å². The summed E-state index contributed by atoms with van der Waals surface area (Å²) < 4.78 is 18.8. The van der Waals surface area contributed by atoms with Gasteiger partial charge in [-0.15, -0.1) is 0 Å². The van der Waals surface area contributed by atoms with Crippen molar-refractivity contribution in [1.29, 1.82) is 0 Å². The van der Waals surface area contributed by atoms with Crippen LogP contribution in [0.2, 0.25) is 0 Å². The molecular weight excluding hydrogens is 310 g/mol. The standard InChI is InChI=1S/C11H12FIO2/c1-11(2,3)15-10(14)8-6-7(12)4-5-9(8)13/h4-6H,1-3H3. The molecule has 0 radical (unpaired) electrons. The first-order chi connectivity index (χ1) is 6.79. The third kappa shape index (κ3) is 3.77. The summed E-state index contributed by atoms with van der Waals surface area (Å²) in [6.45, 7) is 5.32. The molecule has 82 valence electrons. The number of benzene rings is 1. The summed E-state index contributed by atoms with van der Waals surface area (Å²) in [7, 11) is 0. The summed E-state index contributed by atoms with van der Waals surface area (Å²) in [5.74, 6) is -0.928. The van der Waals surface area contributed by atoms with E-state index in [4.69, 9.17) is 4.74 Å². The van der Waals surface area contributed by atoms with Crippen molar-refractivity contribution in [2.75, 3.05) is 0 Å². The van der Waals surface area contributed by atoms with Gasteiger partial charge in [-0.25, -0.2) is 9.18 Å². The highest BCUT2D eigenvalue weighted by Crippen LogP contribution is 2.18. The van der Waals surface area contributed by atoms with Gasteiger partial charge < -0.3 is 4.74 Å². The van der Waals surface area contributed by atoms with Crippen molar-refractivity contribution in [1.82, 2.24) is 0 Å². The van der Waals surface area contributed by atoms with E-state index in [0.29, 0.717) is 3.57 Å². The minimum Gasteiger partial charge on any atom is -0.456 e. The Hall–Kier alpha value is -0.650. The van der Waals surface area contributed by atoms with Gasteiger partial charge in [0.1, 0.15) is 11.4 Å². The first kappa shape index (κ1) is 12.4. The van der Waals surface area contributed by atoms with Gasteiger partial charge in [0, 0.05) is 3.57 Å². The van der Waals surface area contributed by atoms with Crippen molar-refractivity contribution in [3.63, 3.8) is 0 Å². The minimum absolute atomic E-state index is 0.269. The van der Waals surface area contributed by atoms with Crippen molar-refractivity contribution >= 4 is 28.6 Å². The van der Waals surface area contributed by atoms with Gasteiger partial charge in [0.05, 0.1) is 5.56 Å². The Morgan fingerprint density at radius 1 is 1.40 bits per heavy atom. The Labute approximate surface area is 102 Å². The van der Waals surface area contributed by atoms with Gasteiger partial charge in [-0.2, -0.15) is 0 Å². The van der Waals surface area contributed by atoms with Gasteiger partial charge in [0.25, 0.3) is 0 Å². The van der Waals surface area contributed by atoms with Crippen LogP contribution in [0.5, 0.6) is 0 Å². The lowest BCUT2D eigenvalue weighted by atomic mass is 10.1. The molecule has 1 rings (SSSR count). The number of carbonyl (C=O) groups is 1. The van der Waals surface area contributed by atoms with E-state index in [1.54, 1.807) is 26.8 Å². The van der Waals surface area contributed by atoms with Crippen LogP contribution in [0, 0.1) is 9.39 Å². The lowest BCUT2D eigenvalue weighted by Gasteiger charge is -2.19. The molecule has 1 aromatic rings. The van der Waals surface area contributed by atoms with E-state index in [2.05, 4.69) is 0 Å². The van der Waals surface area contributed by atoms with E-state index in [1.807, 2.05) is 22.6 Å². The van der Waals surface area contributed by atoms with Crippen LogP contribution in [0.15, 0.2) is 18.2 Å². The second kappa shape index (κ2) is 4.47. The van der Waals surface area contributed by atoms with E-state index >= 15 is 0 Å². The molecule has 0 spiro atoms. The smallest absolute Gasteiger partial charge is 0.339 e. The summed E-state index contributed by atoms with van der Waals surface area (Å²) >= 11 is 1.98. The predicted molar refractivity (Wildman–Crippen MR) is 64.3 cm³/mol. The summed E-state index contributed by atoms with van der Waals surface area (Å²) in [4.78, 5) is 11.6. The zero-order chi connectivity index (χ0) is 11.6. The minimum atomic E-state index is -0.563. The lowest BCUT2D eigenvalue weighted by Crippen LogP contribution is -2.24. The maximum absolute atomic E-state index is 12.9. The van der Waals surface area contributed by atoms with Gasteiger partial charge in [-0.3, -0.25) is 0 Å². The first-order valence-electron chi connectivity index (χ1n) is 4.48. The molecule has 15 heavy (non-hydrogen) atoms. The van der Waals surface area contributed by atoms with Crippen LogP contribution in [0.3, 0.4) is 0 Å². The maximum atomic E-state index is 12.9. The van der Waals surface area contributed by atoms with Gasteiger partial charge in [-0.05, 0) is 61.6 Å². The Balaban J connectivity index is 2.96. The van der Waals surface area contributed by atoms with Crippen LogP contribution in [0.25, 0.3) is 0 Å². The van der Waals surface area contributed by atoms with Crippen LogP contribution in [0.4, 0.5) is 4.39 Å². The van der Waals surface area contributed by atoms with E-state index in [0.717, 1.165) is 0 Å². The Morgan fingerprint density at radius 3 is 2.53 bits per heavy atom. The van der Waals surface area contributed by atoms with Crippen LogP contribution in [0.1, 0.15) is 31.1 Å². The monoisotopic (exact) mass is 322 g/mol. The fraction of sp³-hybridized carbons (Fsp3) is 0.364. The highest BCUT2D eigenvalue weighted by Gasteiger charge is 2.20. The van der Waals surface area contributed by atoms with E-state index < -0.39 is 17.4 Å². The van der Waals surface area contributed by atoms with Crippen LogP contribution in [-0.4, -0.2) is 11.6 Å². The average molecular weight is 322 g/mol. The molecular formula is C11H12FIO2. The average Bonchev–Trinajstić information content (AvgIpc) is 2.06. The number of hydrogen-bond acceptors (Lipinski definition) is 2. The third-order valence-electron chi connectivity index (χ3n) is 1.55. The van der Waals surface area contributed by atoms with Crippen molar-refractivity contribution < 1.29 is 13.9 Å². The molecule has 0 aromatic heterocycles. The van der Waals surface area contributed by atoms with Crippen LogP contribution >= 0.6 is 22.6 Å². The molecule has 0 unspecified atom stereocenters. The Morgan fingerprint density at radius 2 is 2.00 bits per heavy atom. The topological polar surface area (TPSA) is 26.3 Å². The summed E-state index contributed by atoms with van der Waals surface area (Å²) in [6, 6.07) is 4.06. The molecule has 0 aliphatic rings. The zero-order valence-electron chi connectivity index (χ0n) is 8.80. The highest BCUT2D eigenvalue weighted by atomic mass is 127. The fourth-order valence-corrected chi connectivity index (χ4v) is 1.54. The van der Waals surface area contributed by atoms with E-state index in [-0.39, 0.29) is 5.56 Å². The zero-order valence-corrected chi connectivity index (χ0v) is 11.0. The highest BCUT2D eigenvalue weighted by molar-refractivity contribution is 14.1. The second-order valence-corrected chi connectivity index (χ2v) is 5.29. The Bertz CT molecular complexity index is 383. The number of carbonyl (C=O) groups excluding carboxylic acids is 1. The molecule has 0 amide bonds. The molecule has 2 nitrogen and oxygen atoms in total. The summed E-state index contributed by atoms with van der Waals surface area (Å²) in [5.41, 5.74) is -0.294. The molecule has 0 saturated carbocycles. The quantitative estimate of drug-likeness (QED) is 0.585. The predicted octanol–water partition coefficient (Wildman–Crippen LogP) is 3.39. The van der Waals surface area contributed by atoms with Crippen LogP contribution in [-0.2, 0) is 4.74 Å². The number of rotatable bonds is 1. The SMILES string of the molecule is CC(C)(C)OC(=O)c1cc(F)ccc1I. The molecule has 0 N–H and O–H groups in total. The van der Waals surface area contributed by atoms with Crippen molar-refractivity contribution in [2.45, 2.75) is 26.4 Å². The van der Waals surface area contributed by atoms with Crippen molar-refractivity contribution in [3.8, 4) is 0 Å². The fourth-order valence-electron chi connectivity index (χ4n) is 0.987. The summed E-state index contributed by atoms with van der Waals surface area (Å²) in [5, 5.41) is 0. The largest absolute Gasteiger partial charge is 0.456 e. The van der Waals surface area contributed by atoms with Crippen molar-refractivity contribution in [3.05, 3.63) is 33.1 Å². The summed E-state index contributed by atoms with van der Waals surface area (Å²) in [6.07, 6.45) is 0. The van der Waals surface area contributed by atoms with Crippen molar-refractivity contribution in [2.24, 2.45) is 0 Å². The molecule has 0 bridgehead atoms. The molecule has 0 atom stereocenters. The number of hydrogen-bond donors (Lipinski definition) is 0. The van der Waals surface area contributed by atoms with Gasteiger partial charge in [-0.1, -0.05) is 0 Å². The second-order valence-electron chi connectivity index (χ2n) is 4.13. The van der Waals surface area contributed by atoms with Gasteiger partial charge in [0.15, 0.2) is 0 Å². The molecule has 0 heterocycles. The number of halogens is 2. The van der Waals surface area contributed by atoms with E-state index in [1.165, 1.54) is 12.1 Å². The third-order valence-corrected chi connectivity index (χ3v) is 2.49. The molecule has 1 aromatic carbocycles. The normalized spacial score (nSPS) is 11.3. The van der Waals surface area contributed by atoms with E-state index in [9.17, 15) is 9.18 Å². The number of esters is 1. The first-order valence-corrected chi connectivity index (χ1v) is 5.56. The van der Waals surface area contributed by atoms with Gasteiger partial charge in [0.2, 0.25) is 0 Å².